The van der Waals surface area contributed by atoms with E-state index in [0.717, 1.165) is 24.2 Å². The van der Waals surface area contributed by atoms with Crippen LogP contribution in [-0.4, -0.2) is 13.2 Å². The van der Waals surface area contributed by atoms with Gasteiger partial charge in [0.2, 0.25) is 0 Å². The van der Waals surface area contributed by atoms with E-state index in [-0.39, 0.29) is 12.7 Å². The zero-order chi connectivity index (χ0) is 14.9. The normalized spacial score (nSPS) is 17.5. The molecule has 0 radical (unpaired) electrons. The molecule has 1 nitrogen and oxygen atoms in total. The average Bonchev–Trinajstić information content (AvgIpc) is 2.60. The predicted molar refractivity (Wildman–Crippen MR) is 90.2 cm³/mol. The van der Waals surface area contributed by atoms with Crippen molar-refractivity contribution in [1.82, 2.24) is 0 Å². The highest BCUT2D eigenvalue weighted by Crippen LogP contribution is 2.35. The lowest BCUT2D eigenvalue weighted by Crippen LogP contribution is -2.36. The second-order valence-corrected chi connectivity index (χ2v) is 5.84. The Kier molecular flexibility index (Phi) is 3.30. The van der Waals surface area contributed by atoms with Crippen LogP contribution in [0, 0.1) is 0 Å². The summed E-state index contributed by atoms with van der Waals surface area (Å²) in [4.78, 5) is 2.20. The van der Waals surface area contributed by atoms with Crippen LogP contribution in [0.4, 0.5) is 10.1 Å². The maximum atomic E-state index is 13.8. The molecular weight excluding hydrogens is 273 g/mol. The van der Waals surface area contributed by atoms with Gasteiger partial charge in [-0.1, -0.05) is 54.6 Å². The van der Waals surface area contributed by atoms with E-state index in [2.05, 4.69) is 47.4 Å². The highest BCUT2D eigenvalue weighted by atomic mass is 19.1. The Morgan fingerprint density at radius 1 is 0.909 bits per heavy atom. The molecule has 3 aromatic rings. The largest absolute Gasteiger partial charge is 0.361 e. The van der Waals surface area contributed by atoms with Crippen molar-refractivity contribution in [1.29, 1.82) is 0 Å². The van der Waals surface area contributed by atoms with Crippen LogP contribution >= 0.6 is 0 Å². The lowest BCUT2D eigenvalue weighted by molar-refractivity contribution is 0.406. The van der Waals surface area contributed by atoms with Crippen LogP contribution in [0.25, 0.3) is 10.8 Å². The molecule has 0 amide bonds. The summed E-state index contributed by atoms with van der Waals surface area (Å²) in [7, 11) is 0. The minimum Gasteiger partial charge on any atom is -0.361 e. The molecule has 2 heteroatoms. The Hall–Kier alpha value is -2.35. The van der Waals surface area contributed by atoms with Gasteiger partial charge in [0.15, 0.2) is 0 Å². The molecule has 1 aliphatic rings. The van der Waals surface area contributed by atoms with Crippen molar-refractivity contribution in [2.45, 2.75) is 12.5 Å². The summed E-state index contributed by atoms with van der Waals surface area (Å²) >= 11 is 0. The number of halogens is 1. The van der Waals surface area contributed by atoms with E-state index in [1.165, 1.54) is 16.3 Å². The Bertz CT molecular complexity index is 811. The van der Waals surface area contributed by atoms with Crippen LogP contribution in [0.2, 0.25) is 0 Å². The van der Waals surface area contributed by atoms with Crippen LogP contribution in [-0.2, 0) is 6.42 Å². The lowest BCUT2D eigenvalue weighted by atomic mass is 9.92. The Balaban J connectivity index is 1.77. The van der Waals surface area contributed by atoms with E-state index in [1.807, 2.05) is 24.3 Å². The van der Waals surface area contributed by atoms with E-state index in [9.17, 15) is 4.39 Å². The second kappa shape index (κ2) is 5.45. The van der Waals surface area contributed by atoms with E-state index in [0.29, 0.717) is 0 Å². The van der Waals surface area contributed by atoms with Crippen LogP contribution < -0.4 is 4.90 Å². The summed E-state index contributed by atoms with van der Waals surface area (Å²) in [6.45, 7) is 0.508. The van der Waals surface area contributed by atoms with Crippen molar-refractivity contribution in [2.75, 3.05) is 18.1 Å². The van der Waals surface area contributed by atoms with Gasteiger partial charge in [0, 0.05) is 12.2 Å². The minimum atomic E-state index is -0.357. The number of rotatable bonds is 2. The molecule has 0 saturated carbocycles. The Morgan fingerprint density at radius 2 is 1.68 bits per heavy atom. The van der Waals surface area contributed by atoms with Gasteiger partial charge >= 0.3 is 0 Å². The molecule has 0 aliphatic carbocycles. The maximum absolute atomic E-state index is 13.8. The van der Waals surface area contributed by atoms with Crippen molar-refractivity contribution >= 4 is 16.5 Å². The molecule has 1 aliphatic heterocycles. The maximum Gasteiger partial charge on any atom is 0.114 e. The number of alkyl halides is 1. The smallest absolute Gasteiger partial charge is 0.114 e. The summed E-state index contributed by atoms with van der Waals surface area (Å²) < 4.78 is 13.8. The third-order valence-corrected chi connectivity index (χ3v) is 4.62. The molecule has 4 rings (SSSR count). The molecular formula is C20H18FN. The molecule has 1 heterocycles. The van der Waals surface area contributed by atoms with Crippen molar-refractivity contribution < 1.29 is 4.39 Å². The summed E-state index contributed by atoms with van der Waals surface area (Å²) in [6.07, 6.45) is 0.972. The fourth-order valence-corrected chi connectivity index (χ4v) is 3.48. The van der Waals surface area contributed by atoms with Gasteiger partial charge in [-0.2, -0.15) is 0 Å². The summed E-state index contributed by atoms with van der Waals surface area (Å²) in [5.74, 6) is 0. The van der Waals surface area contributed by atoms with Crippen LogP contribution in [0.3, 0.4) is 0 Å². The van der Waals surface area contributed by atoms with E-state index in [4.69, 9.17) is 0 Å². The van der Waals surface area contributed by atoms with Crippen molar-refractivity contribution in [2.24, 2.45) is 0 Å². The quantitative estimate of drug-likeness (QED) is 0.648. The van der Waals surface area contributed by atoms with Crippen LogP contribution in [0.1, 0.15) is 17.2 Å². The first kappa shape index (κ1) is 13.3. The molecule has 0 bridgehead atoms. The number of fused-ring (bicyclic) bond motifs is 2. The van der Waals surface area contributed by atoms with Crippen molar-refractivity contribution in [3.63, 3.8) is 0 Å². The zero-order valence-corrected chi connectivity index (χ0v) is 12.4. The fourth-order valence-electron chi connectivity index (χ4n) is 3.48. The highest BCUT2D eigenvalue weighted by Gasteiger charge is 2.27. The average molecular weight is 291 g/mol. The summed E-state index contributed by atoms with van der Waals surface area (Å²) in [6, 6.07) is 22.8. The monoisotopic (exact) mass is 291 g/mol. The first-order chi connectivity index (χ1) is 10.9. The standard InChI is InChI=1S/C20H18FN/c21-14-20-19-8-4-3-6-16(19)11-12-22(20)18-10-9-15-5-1-2-7-17(15)13-18/h1-10,13,20H,11-12,14H2. The van der Waals surface area contributed by atoms with Gasteiger partial charge in [0.05, 0.1) is 6.04 Å². The van der Waals surface area contributed by atoms with E-state index < -0.39 is 0 Å². The number of nitrogens with zero attached hydrogens (tertiary/aromatic N) is 1. The third kappa shape index (κ3) is 2.16. The molecule has 1 atom stereocenters. The first-order valence-electron chi connectivity index (χ1n) is 7.76. The number of hydrogen-bond acceptors (Lipinski definition) is 1. The van der Waals surface area contributed by atoms with Crippen molar-refractivity contribution in [3.05, 3.63) is 77.9 Å². The molecule has 1 unspecified atom stereocenters. The molecule has 110 valence electrons. The van der Waals surface area contributed by atoms with Gasteiger partial charge in [-0.05, 0) is 40.5 Å². The summed E-state index contributed by atoms with van der Waals surface area (Å²) in [5.41, 5.74) is 3.52. The number of benzene rings is 3. The SMILES string of the molecule is FCC1c2ccccc2CCN1c1ccc2ccccc2c1. The molecule has 22 heavy (non-hydrogen) atoms. The van der Waals surface area contributed by atoms with Gasteiger partial charge in [-0.3, -0.25) is 0 Å². The van der Waals surface area contributed by atoms with Crippen LogP contribution in [0.15, 0.2) is 66.7 Å². The second-order valence-electron chi connectivity index (χ2n) is 5.84. The minimum absolute atomic E-state index is 0.175. The van der Waals surface area contributed by atoms with Gasteiger partial charge in [0.25, 0.3) is 0 Å². The predicted octanol–water partition coefficient (Wildman–Crippen LogP) is 4.91. The Labute approximate surface area is 130 Å². The lowest BCUT2D eigenvalue weighted by Gasteiger charge is -2.37. The van der Waals surface area contributed by atoms with Gasteiger partial charge in [0.1, 0.15) is 6.67 Å². The van der Waals surface area contributed by atoms with E-state index >= 15 is 0 Å². The number of anilines is 1. The molecule has 3 aromatic carbocycles. The topological polar surface area (TPSA) is 3.24 Å². The van der Waals surface area contributed by atoms with Crippen LogP contribution in [0.5, 0.6) is 0 Å². The molecule has 0 saturated heterocycles. The Morgan fingerprint density at radius 3 is 2.55 bits per heavy atom. The molecule has 0 spiro atoms. The first-order valence-corrected chi connectivity index (χ1v) is 7.76. The van der Waals surface area contributed by atoms with Crippen molar-refractivity contribution in [3.8, 4) is 0 Å². The van der Waals surface area contributed by atoms with Gasteiger partial charge in [-0.25, -0.2) is 4.39 Å². The highest BCUT2D eigenvalue weighted by molar-refractivity contribution is 5.86. The van der Waals surface area contributed by atoms with E-state index in [1.54, 1.807) is 0 Å². The van der Waals surface area contributed by atoms with Gasteiger partial charge < -0.3 is 4.90 Å². The molecule has 0 aromatic heterocycles. The van der Waals surface area contributed by atoms with Gasteiger partial charge in [-0.15, -0.1) is 0 Å². The third-order valence-electron chi connectivity index (χ3n) is 4.62. The zero-order valence-electron chi connectivity index (χ0n) is 12.4. The summed E-state index contributed by atoms with van der Waals surface area (Å²) in [5, 5.41) is 2.43. The molecule has 0 N–H and O–H groups in total. The number of hydrogen-bond donors (Lipinski definition) is 0. The molecule has 0 fully saturated rings. The fraction of sp³-hybridized carbons (Fsp3) is 0.200.